The van der Waals surface area contributed by atoms with Gasteiger partial charge >= 0.3 is 0 Å². The van der Waals surface area contributed by atoms with E-state index in [1.807, 2.05) is 11.8 Å². The highest BCUT2D eigenvalue weighted by Gasteiger charge is 2.07. The zero-order chi connectivity index (χ0) is 14.0. The first-order valence-corrected chi connectivity index (χ1v) is 8.39. The first-order chi connectivity index (χ1) is 8.33. The van der Waals surface area contributed by atoms with Crippen LogP contribution in [0.1, 0.15) is 48.0 Å². The van der Waals surface area contributed by atoms with E-state index in [9.17, 15) is 0 Å². The van der Waals surface area contributed by atoms with E-state index >= 15 is 0 Å². The average Bonchev–Trinajstić information content (AvgIpc) is 2.24. The van der Waals surface area contributed by atoms with Crippen LogP contribution in [0.15, 0.2) is 0 Å². The number of hydrogen-bond donors (Lipinski definition) is 1. The van der Waals surface area contributed by atoms with Gasteiger partial charge in [-0.2, -0.15) is 11.8 Å². The van der Waals surface area contributed by atoms with Gasteiger partial charge in [0.2, 0.25) is 0 Å². The van der Waals surface area contributed by atoms with Crippen LogP contribution in [0.5, 0.6) is 0 Å². The van der Waals surface area contributed by atoms with Crippen LogP contribution in [0.4, 0.5) is 0 Å². The fraction of sp³-hybridized carbons (Fsp3) is 1.00. The molecule has 1 N–H and O–H groups in total. The molecule has 0 aliphatic rings. The van der Waals surface area contributed by atoms with Crippen LogP contribution in [-0.2, 0) is 4.74 Å². The van der Waals surface area contributed by atoms with Gasteiger partial charge in [-0.1, -0.05) is 20.8 Å². The molecule has 0 radical (unpaired) electrons. The Balaban J connectivity index is 3.17. The van der Waals surface area contributed by atoms with Gasteiger partial charge in [0, 0.05) is 31.1 Å². The Morgan fingerprint density at radius 3 is 2.33 bits per heavy atom. The summed E-state index contributed by atoms with van der Waals surface area (Å²) in [6, 6.07) is 0. The van der Waals surface area contributed by atoms with Gasteiger partial charge in [-0.3, -0.25) is 0 Å². The molecule has 0 amide bonds. The molecule has 0 bridgehead atoms. The topological polar surface area (TPSA) is 21.3 Å². The van der Waals surface area contributed by atoms with Gasteiger partial charge < -0.3 is 10.1 Å². The zero-order valence-electron chi connectivity index (χ0n) is 13.2. The lowest BCUT2D eigenvalue weighted by molar-refractivity contribution is 0.0908. The second-order valence-corrected chi connectivity index (χ2v) is 7.66. The van der Waals surface area contributed by atoms with E-state index < -0.39 is 0 Å². The maximum Gasteiger partial charge on any atom is 0.0494 e. The molecule has 0 aromatic carbocycles. The highest BCUT2D eigenvalue weighted by Crippen LogP contribution is 2.10. The maximum atomic E-state index is 5.69. The fourth-order valence-electron chi connectivity index (χ4n) is 1.32. The summed E-state index contributed by atoms with van der Waals surface area (Å²) in [6.07, 6.45) is 1.17. The summed E-state index contributed by atoms with van der Waals surface area (Å²) >= 11 is 2.02. The van der Waals surface area contributed by atoms with Crippen molar-refractivity contribution in [1.29, 1.82) is 0 Å². The minimum atomic E-state index is 0.247. The quantitative estimate of drug-likeness (QED) is 0.613. The summed E-state index contributed by atoms with van der Waals surface area (Å²) in [6.45, 7) is 16.3. The zero-order valence-corrected chi connectivity index (χ0v) is 14.0. The molecule has 0 aliphatic heterocycles. The molecule has 18 heavy (non-hydrogen) atoms. The van der Waals surface area contributed by atoms with Crippen LogP contribution in [-0.4, -0.2) is 36.8 Å². The molecular weight excluding hydrogens is 242 g/mol. The van der Waals surface area contributed by atoms with Crippen LogP contribution in [0, 0.1) is 11.8 Å². The van der Waals surface area contributed by atoms with E-state index in [-0.39, 0.29) is 5.54 Å². The van der Waals surface area contributed by atoms with E-state index in [0.29, 0.717) is 5.92 Å². The molecule has 2 nitrogen and oxygen atoms in total. The lowest BCUT2D eigenvalue weighted by Gasteiger charge is -2.20. The number of thioether (sulfide) groups is 1. The molecule has 0 aromatic rings. The highest BCUT2D eigenvalue weighted by atomic mass is 32.2. The monoisotopic (exact) mass is 275 g/mol. The third-order valence-electron chi connectivity index (χ3n) is 3.00. The molecule has 0 rings (SSSR count). The molecule has 0 fully saturated rings. The Morgan fingerprint density at radius 2 is 1.78 bits per heavy atom. The SMILES string of the molecule is CC(C)[C@H](C)COCCCSCCNC(C)(C)C. The first-order valence-electron chi connectivity index (χ1n) is 7.23. The van der Waals surface area contributed by atoms with E-state index in [4.69, 9.17) is 4.74 Å². The molecule has 3 heteroatoms. The standard InChI is InChI=1S/C15H33NOS/c1-13(2)14(3)12-17-9-7-10-18-11-8-16-15(4,5)6/h13-14,16H,7-12H2,1-6H3/t14-/m1/s1. The summed E-state index contributed by atoms with van der Waals surface area (Å²) in [5, 5.41) is 3.50. The molecule has 0 saturated carbocycles. The Labute approximate surface area is 119 Å². The minimum Gasteiger partial charge on any atom is -0.381 e. The molecule has 110 valence electrons. The van der Waals surface area contributed by atoms with Gasteiger partial charge in [-0.15, -0.1) is 0 Å². The number of ether oxygens (including phenoxy) is 1. The van der Waals surface area contributed by atoms with Crippen LogP contribution in [0.25, 0.3) is 0 Å². The lowest BCUT2D eigenvalue weighted by Crippen LogP contribution is -2.37. The summed E-state index contributed by atoms with van der Waals surface area (Å²) < 4.78 is 5.69. The van der Waals surface area contributed by atoms with Crippen LogP contribution >= 0.6 is 11.8 Å². The Hall–Kier alpha value is 0.270. The average molecular weight is 276 g/mol. The molecule has 0 aliphatic carbocycles. The van der Waals surface area contributed by atoms with Crippen molar-refractivity contribution in [2.45, 2.75) is 53.5 Å². The van der Waals surface area contributed by atoms with Crippen molar-refractivity contribution < 1.29 is 4.74 Å². The second-order valence-electron chi connectivity index (χ2n) is 6.44. The number of nitrogens with one attached hydrogen (secondary N) is 1. The van der Waals surface area contributed by atoms with Crippen LogP contribution < -0.4 is 5.32 Å². The van der Waals surface area contributed by atoms with Crippen LogP contribution in [0.2, 0.25) is 0 Å². The van der Waals surface area contributed by atoms with E-state index in [2.05, 4.69) is 46.9 Å². The molecule has 1 atom stereocenters. The van der Waals surface area contributed by atoms with Gasteiger partial charge in [0.1, 0.15) is 0 Å². The lowest BCUT2D eigenvalue weighted by atomic mass is 9.99. The van der Waals surface area contributed by atoms with Gasteiger partial charge in [0.25, 0.3) is 0 Å². The summed E-state index contributed by atoms with van der Waals surface area (Å²) in [4.78, 5) is 0. The van der Waals surface area contributed by atoms with Gasteiger partial charge in [-0.05, 0) is 44.8 Å². The normalized spacial score (nSPS) is 14.2. The summed E-state index contributed by atoms with van der Waals surface area (Å²) in [5.74, 6) is 3.80. The summed E-state index contributed by atoms with van der Waals surface area (Å²) in [7, 11) is 0. The Bertz CT molecular complexity index is 189. The predicted molar refractivity (Wildman–Crippen MR) is 84.5 cm³/mol. The molecule has 0 spiro atoms. The second kappa shape index (κ2) is 10.1. The largest absolute Gasteiger partial charge is 0.381 e. The third-order valence-corrected chi connectivity index (χ3v) is 4.07. The molecule has 0 aromatic heterocycles. The first kappa shape index (κ1) is 18.3. The fourth-order valence-corrected chi connectivity index (χ4v) is 2.10. The Morgan fingerprint density at radius 1 is 1.11 bits per heavy atom. The van der Waals surface area contributed by atoms with Gasteiger partial charge in [0.15, 0.2) is 0 Å². The van der Waals surface area contributed by atoms with E-state index in [1.165, 1.54) is 17.9 Å². The predicted octanol–water partition coefficient (Wildman–Crippen LogP) is 3.81. The summed E-state index contributed by atoms with van der Waals surface area (Å²) in [5.41, 5.74) is 0.247. The number of rotatable bonds is 10. The molecule has 0 heterocycles. The molecular formula is C15H33NOS. The van der Waals surface area contributed by atoms with E-state index in [1.54, 1.807) is 0 Å². The third kappa shape index (κ3) is 12.7. The smallest absolute Gasteiger partial charge is 0.0494 e. The maximum absolute atomic E-state index is 5.69. The van der Waals surface area contributed by atoms with Crippen LogP contribution in [0.3, 0.4) is 0 Å². The van der Waals surface area contributed by atoms with Crippen molar-refractivity contribution in [2.75, 3.05) is 31.3 Å². The van der Waals surface area contributed by atoms with Crippen molar-refractivity contribution in [1.82, 2.24) is 5.32 Å². The number of hydrogen-bond acceptors (Lipinski definition) is 3. The molecule has 0 saturated heterocycles. The van der Waals surface area contributed by atoms with Crippen molar-refractivity contribution in [2.24, 2.45) is 11.8 Å². The van der Waals surface area contributed by atoms with Crippen molar-refractivity contribution in [3.05, 3.63) is 0 Å². The minimum absolute atomic E-state index is 0.247. The Kier molecular flexibility index (Phi) is 10.3. The van der Waals surface area contributed by atoms with Crippen molar-refractivity contribution in [3.8, 4) is 0 Å². The van der Waals surface area contributed by atoms with Gasteiger partial charge in [-0.25, -0.2) is 0 Å². The van der Waals surface area contributed by atoms with E-state index in [0.717, 1.165) is 25.7 Å². The highest BCUT2D eigenvalue weighted by molar-refractivity contribution is 7.99. The molecule has 0 unspecified atom stereocenters. The van der Waals surface area contributed by atoms with Gasteiger partial charge in [0.05, 0.1) is 0 Å². The van der Waals surface area contributed by atoms with Crippen molar-refractivity contribution >= 4 is 11.8 Å². The van der Waals surface area contributed by atoms with Crippen molar-refractivity contribution in [3.63, 3.8) is 0 Å².